The lowest BCUT2D eigenvalue weighted by atomic mass is 9.93. The summed E-state index contributed by atoms with van der Waals surface area (Å²) in [4.78, 5) is 17.3. The average molecular weight is 481 g/mol. The molecular weight excluding hydrogens is 448 g/mol. The topological polar surface area (TPSA) is 69.7 Å². The highest BCUT2D eigenvalue weighted by molar-refractivity contribution is 5.69. The molecule has 0 aliphatic carbocycles. The van der Waals surface area contributed by atoms with Crippen molar-refractivity contribution in [2.45, 2.75) is 64.1 Å². The van der Waals surface area contributed by atoms with Crippen LogP contribution in [0.2, 0.25) is 0 Å². The Morgan fingerprint density at radius 1 is 0.914 bits per heavy atom. The minimum Gasteiger partial charge on any atom is -0.467 e. The fourth-order valence-corrected chi connectivity index (χ4v) is 5.69. The van der Waals surface area contributed by atoms with Crippen LogP contribution in [0.5, 0.6) is 11.5 Å². The van der Waals surface area contributed by atoms with Gasteiger partial charge in [-0.2, -0.15) is 0 Å². The first-order valence-corrected chi connectivity index (χ1v) is 12.3. The van der Waals surface area contributed by atoms with Gasteiger partial charge in [-0.05, 0) is 62.6 Å². The van der Waals surface area contributed by atoms with Gasteiger partial charge in [0.1, 0.15) is 17.1 Å². The zero-order chi connectivity index (χ0) is 24.2. The molecule has 186 valence electrons. The number of ether oxygens (including phenoxy) is 5. The maximum Gasteiger partial charge on any atom is 0.410 e. The van der Waals surface area contributed by atoms with E-state index in [4.69, 9.17) is 23.7 Å². The predicted octanol–water partition coefficient (Wildman–Crippen LogP) is 4.20. The van der Waals surface area contributed by atoms with Crippen LogP contribution in [0.1, 0.15) is 55.5 Å². The highest BCUT2D eigenvalue weighted by Gasteiger charge is 2.49. The van der Waals surface area contributed by atoms with Crippen molar-refractivity contribution >= 4 is 6.09 Å². The number of rotatable bonds is 3. The number of hydrogen-bond acceptors (Lipinski definition) is 7. The van der Waals surface area contributed by atoms with Crippen LogP contribution in [0.25, 0.3) is 0 Å². The van der Waals surface area contributed by atoms with Gasteiger partial charge in [0.2, 0.25) is 0 Å². The first-order valence-electron chi connectivity index (χ1n) is 12.3. The smallest absolute Gasteiger partial charge is 0.410 e. The molecule has 2 aromatic rings. The molecule has 0 spiro atoms. The summed E-state index contributed by atoms with van der Waals surface area (Å²) in [6.07, 6.45) is 0.733. The minimum absolute atomic E-state index is 0.0326. The van der Waals surface area contributed by atoms with E-state index in [0.717, 1.165) is 35.6 Å². The van der Waals surface area contributed by atoms with Gasteiger partial charge >= 0.3 is 6.09 Å². The third kappa shape index (κ3) is 4.35. The van der Waals surface area contributed by atoms with Gasteiger partial charge in [0.05, 0.1) is 19.3 Å². The number of nitrogens with zero attached hydrogens (tertiary/aromatic N) is 2. The SMILES string of the molecule is CC(C)(C)OC(=O)N1C[C@@H]2C[C@H]1CN2C(c1ccc2c(c1)COCO2)c1ccc2c(c1)COCO2. The Labute approximate surface area is 205 Å². The summed E-state index contributed by atoms with van der Waals surface area (Å²) < 4.78 is 28.1. The van der Waals surface area contributed by atoms with Crippen LogP contribution in [0, 0.1) is 0 Å². The molecule has 0 radical (unpaired) electrons. The Balaban J connectivity index is 1.32. The molecule has 2 saturated heterocycles. The van der Waals surface area contributed by atoms with Crippen molar-refractivity contribution in [2.75, 3.05) is 26.7 Å². The average Bonchev–Trinajstić information content (AvgIpc) is 3.44. The van der Waals surface area contributed by atoms with Crippen LogP contribution in [0.15, 0.2) is 36.4 Å². The van der Waals surface area contributed by atoms with Crippen molar-refractivity contribution < 1.29 is 28.5 Å². The Morgan fingerprint density at radius 3 is 2.03 bits per heavy atom. The van der Waals surface area contributed by atoms with Crippen LogP contribution in [-0.4, -0.2) is 60.3 Å². The zero-order valence-corrected chi connectivity index (χ0v) is 20.5. The molecule has 2 bridgehead atoms. The lowest BCUT2D eigenvalue weighted by Gasteiger charge is -2.40. The monoisotopic (exact) mass is 480 g/mol. The molecule has 0 saturated carbocycles. The molecule has 8 heteroatoms. The van der Waals surface area contributed by atoms with Crippen LogP contribution in [0.3, 0.4) is 0 Å². The number of piperazine rings is 1. The van der Waals surface area contributed by atoms with Crippen molar-refractivity contribution in [3.8, 4) is 11.5 Å². The molecule has 4 heterocycles. The van der Waals surface area contributed by atoms with Crippen molar-refractivity contribution in [1.29, 1.82) is 0 Å². The van der Waals surface area contributed by atoms with E-state index >= 15 is 0 Å². The first-order chi connectivity index (χ1) is 16.9. The molecule has 35 heavy (non-hydrogen) atoms. The molecule has 4 aliphatic rings. The Bertz CT molecular complexity index is 1070. The van der Waals surface area contributed by atoms with Crippen molar-refractivity contribution in [3.63, 3.8) is 0 Å². The highest BCUT2D eigenvalue weighted by Crippen LogP contribution is 2.42. The van der Waals surface area contributed by atoms with Crippen LogP contribution >= 0.6 is 0 Å². The molecule has 2 fully saturated rings. The van der Waals surface area contributed by atoms with E-state index in [1.54, 1.807) is 0 Å². The van der Waals surface area contributed by atoms with Gasteiger partial charge < -0.3 is 28.6 Å². The summed E-state index contributed by atoms with van der Waals surface area (Å²) in [5, 5.41) is 0. The van der Waals surface area contributed by atoms with Crippen molar-refractivity contribution in [1.82, 2.24) is 9.80 Å². The fourth-order valence-electron chi connectivity index (χ4n) is 5.69. The molecule has 2 atom stereocenters. The molecule has 2 aromatic carbocycles. The lowest BCUT2D eigenvalue weighted by Crippen LogP contribution is -2.51. The second-order valence-electron chi connectivity index (χ2n) is 10.7. The number of fused-ring (bicyclic) bond motifs is 4. The summed E-state index contributed by atoms with van der Waals surface area (Å²) in [7, 11) is 0. The van der Waals surface area contributed by atoms with Gasteiger partial charge in [-0.25, -0.2) is 4.79 Å². The molecule has 0 N–H and O–H groups in total. The quantitative estimate of drug-likeness (QED) is 0.652. The molecule has 0 aromatic heterocycles. The fraction of sp³-hybridized carbons (Fsp3) is 0.519. The van der Waals surface area contributed by atoms with Crippen molar-refractivity contribution in [2.24, 2.45) is 0 Å². The number of benzene rings is 2. The Hall–Kier alpha value is -2.81. The van der Waals surface area contributed by atoms with Crippen LogP contribution in [0.4, 0.5) is 4.79 Å². The normalized spacial score (nSPS) is 23.5. The van der Waals surface area contributed by atoms with Crippen LogP contribution < -0.4 is 9.47 Å². The largest absolute Gasteiger partial charge is 0.467 e. The van der Waals surface area contributed by atoms with E-state index in [-0.39, 0.29) is 37.8 Å². The summed E-state index contributed by atoms with van der Waals surface area (Å²) in [6, 6.07) is 13.2. The molecule has 1 amide bonds. The van der Waals surface area contributed by atoms with E-state index in [1.165, 1.54) is 11.1 Å². The minimum atomic E-state index is -0.498. The van der Waals surface area contributed by atoms with Gasteiger partial charge in [-0.3, -0.25) is 4.90 Å². The van der Waals surface area contributed by atoms with E-state index in [9.17, 15) is 4.79 Å². The second-order valence-corrected chi connectivity index (χ2v) is 10.7. The molecule has 6 rings (SSSR count). The summed E-state index contributed by atoms with van der Waals surface area (Å²) in [5.41, 5.74) is 3.99. The lowest BCUT2D eigenvalue weighted by molar-refractivity contribution is -0.0166. The standard InChI is InChI=1S/C27H32N2O6/c1-27(2,3)35-26(30)29-12-21-10-22(29)11-28(21)25(17-4-6-23-19(8-17)13-31-15-33-23)18-5-7-24-20(9-18)14-32-16-34-24/h4-9,21-22,25H,10-16H2,1-3H3/t21-,22-/m0/s1. The van der Waals surface area contributed by atoms with Crippen LogP contribution in [-0.2, 0) is 27.4 Å². The number of carbonyl (C=O) groups is 1. The molecule has 4 aliphatic heterocycles. The van der Waals surface area contributed by atoms with E-state index in [2.05, 4.69) is 29.2 Å². The number of amides is 1. The van der Waals surface area contributed by atoms with Gasteiger partial charge in [0.25, 0.3) is 0 Å². The van der Waals surface area contributed by atoms with Gasteiger partial charge in [0.15, 0.2) is 13.6 Å². The molecule has 0 unspecified atom stereocenters. The van der Waals surface area contributed by atoms with E-state index in [0.29, 0.717) is 19.8 Å². The van der Waals surface area contributed by atoms with Gasteiger partial charge in [0, 0.05) is 36.3 Å². The summed E-state index contributed by atoms with van der Waals surface area (Å²) >= 11 is 0. The third-order valence-corrected chi connectivity index (χ3v) is 7.15. The second kappa shape index (κ2) is 8.69. The van der Waals surface area contributed by atoms with Gasteiger partial charge in [-0.1, -0.05) is 12.1 Å². The van der Waals surface area contributed by atoms with Gasteiger partial charge in [-0.15, -0.1) is 0 Å². The number of hydrogen-bond donors (Lipinski definition) is 0. The zero-order valence-electron chi connectivity index (χ0n) is 20.5. The molecular formula is C27H32N2O6. The maximum absolute atomic E-state index is 12.8. The maximum atomic E-state index is 12.8. The van der Waals surface area contributed by atoms with Crippen molar-refractivity contribution in [3.05, 3.63) is 58.7 Å². The Morgan fingerprint density at radius 2 is 1.51 bits per heavy atom. The number of carbonyl (C=O) groups excluding carboxylic acids is 1. The Kier molecular flexibility index (Phi) is 5.62. The van der Waals surface area contributed by atoms with E-state index in [1.807, 2.05) is 37.8 Å². The number of likely N-dealkylation sites (tertiary alicyclic amines) is 2. The summed E-state index contributed by atoms with van der Waals surface area (Å²) in [6.45, 7) is 8.86. The summed E-state index contributed by atoms with van der Waals surface area (Å²) in [5.74, 6) is 1.76. The molecule has 8 nitrogen and oxygen atoms in total. The predicted molar refractivity (Wildman–Crippen MR) is 127 cm³/mol. The third-order valence-electron chi connectivity index (χ3n) is 7.15. The van der Waals surface area contributed by atoms with E-state index < -0.39 is 5.60 Å². The first kappa shape index (κ1) is 22.6. The highest BCUT2D eigenvalue weighted by atomic mass is 16.7.